The van der Waals surface area contributed by atoms with E-state index < -0.39 is 5.91 Å². The predicted molar refractivity (Wildman–Crippen MR) is 68.7 cm³/mol. The fourth-order valence-corrected chi connectivity index (χ4v) is 1.75. The van der Waals surface area contributed by atoms with Crippen LogP contribution in [0.1, 0.15) is 21.5 Å². The number of primary amides is 1. The van der Waals surface area contributed by atoms with E-state index >= 15 is 0 Å². The highest BCUT2D eigenvalue weighted by Crippen LogP contribution is 2.05. The summed E-state index contributed by atoms with van der Waals surface area (Å²) in [5, 5.41) is 7.39. The Bertz CT molecular complexity index is 547. The summed E-state index contributed by atoms with van der Waals surface area (Å²) in [5.41, 5.74) is 7.94. The first kappa shape index (κ1) is 12.3. The molecular weight excluding hydrogens is 228 g/mol. The van der Waals surface area contributed by atoms with Crippen molar-refractivity contribution in [2.75, 3.05) is 0 Å². The van der Waals surface area contributed by atoms with Crippen molar-refractivity contribution in [3.63, 3.8) is 0 Å². The largest absolute Gasteiger partial charge is 0.366 e. The molecule has 0 spiro atoms. The maximum absolute atomic E-state index is 11.0. The Labute approximate surface area is 106 Å². The molecule has 1 amide bonds. The summed E-state index contributed by atoms with van der Waals surface area (Å²) in [6, 6.07) is 7.31. The lowest BCUT2D eigenvalue weighted by atomic mass is 10.1. The highest BCUT2D eigenvalue weighted by atomic mass is 16.1. The molecule has 94 valence electrons. The standard InChI is InChI=1S/C13H16N4O/c1-17-9-11(8-16-17)7-15-6-10-3-2-4-12(5-10)13(14)18/h2-5,8-9,15H,6-7H2,1H3,(H2,14,18). The highest BCUT2D eigenvalue weighted by molar-refractivity contribution is 5.92. The molecule has 0 bridgehead atoms. The van der Waals surface area contributed by atoms with Crippen molar-refractivity contribution in [3.8, 4) is 0 Å². The fourth-order valence-electron chi connectivity index (χ4n) is 1.75. The average Bonchev–Trinajstić information content (AvgIpc) is 2.75. The summed E-state index contributed by atoms with van der Waals surface area (Å²) in [4.78, 5) is 11.0. The van der Waals surface area contributed by atoms with Gasteiger partial charge in [0.1, 0.15) is 0 Å². The number of amides is 1. The number of benzene rings is 1. The third-order valence-corrected chi connectivity index (χ3v) is 2.63. The van der Waals surface area contributed by atoms with E-state index in [9.17, 15) is 4.79 Å². The third kappa shape index (κ3) is 3.18. The normalized spacial score (nSPS) is 10.5. The third-order valence-electron chi connectivity index (χ3n) is 2.63. The average molecular weight is 244 g/mol. The van der Waals surface area contributed by atoms with Gasteiger partial charge in [-0.2, -0.15) is 5.10 Å². The van der Waals surface area contributed by atoms with Gasteiger partial charge in [0.25, 0.3) is 0 Å². The molecule has 0 saturated heterocycles. The SMILES string of the molecule is Cn1cc(CNCc2cccc(C(N)=O)c2)cn1. The van der Waals surface area contributed by atoms with Crippen LogP contribution in [0.5, 0.6) is 0 Å². The zero-order valence-electron chi connectivity index (χ0n) is 10.3. The van der Waals surface area contributed by atoms with Crippen LogP contribution in [-0.2, 0) is 20.1 Å². The first-order valence-corrected chi connectivity index (χ1v) is 5.72. The predicted octanol–water partition coefficient (Wildman–Crippen LogP) is 0.809. The van der Waals surface area contributed by atoms with Crippen molar-refractivity contribution in [3.05, 3.63) is 53.3 Å². The van der Waals surface area contributed by atoms with Crippen LogP contribution in [0.3, 0.4) is 0 Å². The number of carbonyl (C=O) groups is 1. The van der Waals surface area contributed by atoms with E-state index in [-0.39, 0.29) is 0 Å². The lowest BCUT2D eigenvalue weighted by Crippen LogP contribution is -2.14. The zero-order valence-corrected chi connectivity index (χ0v) is 10.3. The van der Waals surface area contributed by atoms with Gasteiger partial charge < -0.3 is 11.1 Å². The summed E-state index contributed by atoms with van der Waals surface area (Å²) in [6.45, 7) is 1.44. The maximum Gasteiger partial charge on any atom is 0.248 e. The van der Waals surface area contributed by atoms with Crippen LogP contribution in [-0.4, -0.2) is 15.7 Å². The molecule has 1 heterocycles. The molecule has 3 N–H and O–H groups in total. The number of nitrogens with two attached hydrogens (primary N) is 1. The van der Waals surface area contributed by atoms with Crippen LogP contribution < -0.4 is 11.1 Å². The second-order valence-corrected chi connectivity index (χ2v) is 4.19. The number of rotatable bonds is 5. The van der Waals surface area contributed by atoms with Gasteiger partial charge in [-0.15, -0.1) is 0 Å². The van der Waals surface area contributed by atoms with Crippen LogP contribution in [0.15, 0.2) is 36.7 Å². The Hall–Kier alpha value is -2.14. The number of nitrogens with zero attached hydrogens (tertiary/aromatic N) is 2. The Kier molecular flexibility index (Phi) is 3.74. The minimum Gasteiger partial charge on any atom is -0.366 e. The van der Waals surface area contributed by atoms with E-state index in [1.165, 1.54) is 0 Å². The molecule has 2 rings (SSSR count). The molecule has 1 aromatic carbocycles. The number of hydrogen-bond acceptors (Lipinski definition) is 3. The van der Waals surface area contributed by atoms with Gasteiger partial charge >= 0.3 is 0 Å². The molecule has 5 nitrogen and oxygen atoms in total. The number of carbonyl (C=O) groups excluding carboxylic acids is 1. The van der Waals surface area contributed by atoms with Gasteiger partial charge in [0.15, 0.2) is 0 Å². The Morgan fingerprint density at radius 2 is 2.17 bits per heavy atom. The van der Waals surface area contributed by atoms with Crippen LogP contribution in [0, 0.1) is 0 Å². The van der Waals surface area contributed by atoms with Crippen molar-refractivity contribution < 1.29 is 4.79 Å². The second kappa shape index (κ2) is 5.46. The smallest absolute Gasteiger partial charge is 0.248 e. The van der Waals surface area contributed by atoms with Gasteiger partial charge in [0.2, 0.25) is 5.91 Å². The minimum atomic E-state index is -0.399. The van der Waals surface area contributed by atoms with Gasteiger partial charge in [-0.25, -0.2) is 0 Å². The fraction of sp³-hybridized carbons (Fsp3) is 0.231. The number of nitrogens with one attached hydrogen (secondary N) is 1. The van der Waals surface area contributed by atoms with Gasteiger partial charge in [-0.1, -0.05) is 12.1 Å². The van der Waals surface area contributed by atoms with Crippen molar-refractivity contribution in [2.24, 2.45) is 12.8 Å². The molecule has 0 fully saturated rings. The topological polar surface area (TPSA) is 72.9 Å². The molecule has 0 saturated carbocycles. The molecule has 0 atom stereocenters. The summed E-state index contributed by atoms with van der Waals surface area (Å²) >= 11 is 0. The van der Waals surface area contributed by atoms with Crippen LogP contribution in [0.4, 0.5) is 0 Å². The first-order valence-electron chi connectivity index (χ1n) is 5.72. The van der Waals surface area contributed by atoms with E-state index in [1.807, 2.05) is 31.6 Å². The van der Waals surface area contributed by atoms with Crippen molar-refractivity contribution in [1.29, 1.82) is 0 Å². The second-order valence-electron chi connectivity index (χ2n) is 4.19. The van der Waals surface area contributed by atoms with Crippen LogP contribution >= 0.6 is 0 Å². The molecule has 0 radical (unpaired) electrons. The van der Waals surface area contributed by atoms with Gasteiger partial charge in [0.05, 0.1) is 6.20 Å². The van der Waals surface area contributed by atoms with Crippen LogP contribution in [0.25, 0.3) is 0 Å². The summed E-state index contributed by atoms with van der Waals surface area (Å²) in [5.74, 6) is -0.399. The molecule has 18 heavy (non-hydrogen) atoms. The number of aromatic nitrogens is 2. The zero-order chi connectivity index (χ0) is 13.0. The molecule has 1 aromatic heterocycles. The Morgan fingerprint density at radius 1 is 1.39 bits per heavy atom. The molecule has 0 aliphatic heterocycles. The molecule has 5 heteroatoms. The maximum atomic E-state index is 11.0. The van der Waals surface area contributed by atoms with Gasteiger partial charge in [-0.3, -0.25) is 9.48 Å². The minimum absolute atomic E-state index is 0.399. The Morgan fingerprint density at radius 3 is 2.83 bits per heavy atom. The van der Waals surface area contributed by atoms with Crippen molar-refractivity contribution >= 4 is 5.91 Å². The van der Waals surface area contributed by atoms with Crippen molar-refractivity contribution in [1.82, 2.24) is 15.1 Å². The highest BCUT2D eigenvalue weighted by Gasteiger charge is 2.01. The number of aryl methyl sites for hydroxylation is 1. The van der Waals surface area contributed by atoms with Gasteiger partial charge in [-0.05, 0) is 17.7 Å². The number of hydrogen-bond donors (Lipinski definition) is 2. The summed E-state index contributed by atoms with van der Waals surface area (Å²) in [7, 11) is 1.89. The van der Waals surface area contributed by atoms with E-state index in [2.05, 4.69) is 10.4 Å². The summed E-state index contributed by atoms with van der Waals surface area (Å²) < 4.78 is 1.77. The first-order chi connectivity index (χ1) is 8.65. The monoisotopic (exact) mass is 244 g/mol. The van der Waals surface area contributed by atoms with E-state index in [1.54, 1.807) is 16.8 Å². The van der Waals surface area contributed by atoms with Crippen molar-refractivity contribution in [2.45, 2.75) is 13.1 Å². The molecule has 0 aliphatic carbocycles. The Balaban J connectivity index is 1.90. The molecule has 0 unspecified atom stereocenters. The quantitative estimate of drug-likeness (QED) is 0.817. The van der Waals surface area contributed by atoms with E-state index in [0.29, 0.717) is 12.1 Å². The lowest BCUT2D eigenvalue weighted by molar-refractivity contribution is 0.1000. The molecule has 2 aromatic rings. The molecule has 0 aliphatic rings. The lowest BCUT2D eigenvalue weighted by Gasteiger charge is -2.04. The van der Waals surface area contributed by atoms with Crippen LogP contribution in [0.2, 0.25) is 0 Å². The van der Waals surface area contributed by atoms with E-state index in [4.69, 9.17) is 5.73 Å². The summed E-state index contributed by atoms with van der Waals surface area (Å²) in [6.07, 6.45) is 3.79. The van der Waals surface area contributed by atoms with E-state index in [0.717, 1.165) is 17.7 Å². The molecular formula is C13H16N4O. The van der Waals surface area contributed by atoms with Gasteiger partial charge in [0, 0.05) is 37.5 Å².